The second-order valence-electron chi connectivity index (χ2n) is 4.65. The minimum Gasteiger partial charge on any atom is -0.341 e. The summed E-state index contributed by atoms with van der Waals surface area (Å²) in [7, 11) is 0. The molecule has 1 atom stereocenters. The van der Waals surface area contributed by atoms with Crippen LogP contribution in [0.2, 0.25) is 0 Å². The van der Waals surface area contributed by atoms with E-state index in [0.29, 0.717) is 5.92 Å². The Bertz CT molecular complexity index is 360. The van der Waals surface area contributed by atoms with E-state index in [1.165, 1.54) is 23.9 Å². The van der Waals surface area contributed by atoms with Gasteiger partial charge in [0.2, 0.25) is 5.91 Å². The topological polar surface area (TPSA) is 75.9 Å². The highest BCUT2D eigenvalue weighted by Crippen LogP contribution is 2.12. The Balaban J connectivity index is 1.85. The Kier molecular flexibility index (Phi) is 4.63. The quantitative estimate of drug-likeness (QED) is 0.766. The van der Waals surface area contributed by atoms with Crippen molar-refractivity contribution in [2.24, 2.45) is 5.92 Å². The maximum absolute atomic E-state index is 12.1. The van der Waals surface area contributed by atoms with Crippen LogP contribution in [0.3, 0.4) is 0 Å². The van der Waals surface area contributed by atoms with Crippen LogP contribution in [0, 0.1) is 5.92 Å². The molecule has 1 N–H and O–H groups in total. The van der Waals surface area contributed by atoms with Crippen LogP contribution in [0.15, 0.2) is 6.33 Å². The first-order chi connectivity index (χ1) is 8.79. The molecular weight excluding hydrogens is 232 g/mol. The first-order valence-corrected chi connectivity index (χ1v) is 6.49. The number of carbonyl (C=O) groups is 1. The van der Waals surface area contributed by atoms with E-state index >= 15 is 0 Å². The number of hydrogen-bond acceptors (Lipinski definition) is 5. The molecule has 1 aromatic heterocycles. The molecule has 0 saturated carbocycles. The molecule has 18 heavy (non-hydrogen) atoms. The van der Waals surface area contributed by atoms with Gasteiger partial charge in [-0.1, -0.05) is 0 Å². The summed E-state index contributed by atoms with van der Waals surface area (Å²) in [6, 6.07) is 0. The fourth-order valence-corrected chi connectivity index (χ4v) is 2.29. The number of hydrogen-bond donors (Lipinski definition) is 1. The predicted molar refractivity (Wildman–Crippen MR) is 65.7 cm³/mol. The van der Waals surface area contributed by atoms with Crippen molar-refractivity contribution in [3.8, 4) is 0 Å². The third-order valence-corrected chi connectivity index (χ3v) is 3.30. The van der Waals surface area contributed by atoms with Crippen LogP contribution in [-0.2, 0) is 11.3 Å². The Labute approximate surface area is 107 Å². The molecule has 7 nitrogen and oxygen atoms in total. The number of carbonyl (C=O) groups excluding carboxylic acids is 1. The molecule has 2 heterocycles. The first-order valence-electron chi connectivity index (χ1n) is 6.49. The van der Waals surface area contributed by atoms with Gasteiger partial charge in [-0.2, -0.15) is 0 Å². The monoisotopic (exact) mass is 252 g/mol. The number of nitrogens with one attached hydrogen (secondary N) is 1. The van der Waals surface area contributed by atoms with E-state index < -0.39 is 0 Å². The molecule has 2 rings (SSSR count). The summed E-state index contributed by atoms with van der Waals surface area (Å²) in [6.07, 6.45) is 3.86. The highest BCUT2D eigenvalue weighted by atomic mass is 16.2. The Morgan fingerprint density at radius 3 is 3.11 bits per heavy atom. The second-order valence-corrected chi connectivity index (χ2v) is 4.65. The van der Waals surface area contributed by atoms with Gasteiger partial charge in [-0.05, 0) is 49.2 Å². The smallest absolute Gasteiger partial charge is 0.244 e. The highest BCUT2D eigenvalue weighted by molar-refractivity contribution is 5.75. The van der Waals surface area contributed by atoms with Gasteiger partial charge in [0.05, 0.1) is 0 Å². The molecule has 0 aliphatic carbocycles. The summed E-state index contributed by atoms with van der Waals surface area (Å²) in [4.78, 5) is 14.0. The van der Waals surface area contributed by atoms with Gasteiger partial charge in [0.25, 0.3) is 0 Å². The molecule has 1 aliphatic heterocycles. The van der Waals surface area contributed by atoms with Gasteiger partial charge in [0, 0.05) is 13.1 Å². The average Bonchev–Trinajstić information content (AvgIpc) is 2.90. The van der Waals surface area contributed by atoms with Crippen LogP contribution >= 0.6 is 0 Å². The van der Waals surface area contributed by atoms with Crippen molar-refractivity contribution >= 4 is 5.91 Å². The summed E-state index contributed by atoms with van der Waals surface area (Å²) >= 11 is 0. The van der Waals surface area contributed by atoms with Crippen LogP contribution in [0.4, 0.5) is 0 Å². The maximum Gasteiger partial charge on any atom is 0.244 e. The number of nitrogens with zero attached hydrogens (tertiary/aromatic N) is 5. The summed E-state index contributed by atoms with van der Waals surface area (Å²) in [6.45, 7) is 5.90. The van der Waals surface area contributed by atoms with Crippen LogP contribution in [-0.4, -0.2) is 57.2 Å². The van der Waals surface area contributed by atoms with Crippen molar-refractivity contribution in [3.63, 3.8) is 0 Å². The van der Waals surface area contributed by atoms with Gasteiger partial charge in [0.15, 0.2) is 0 Å². The number of rotatable bonds is 5. The molecule has 100 valence electrons. The van der Waals surface area contributed by atoms with E-state index in [1.54, 1.807) is 0 Å². The fraction of sp³-hybridized carbons (Fsp3) is 0.818. The fourth-order valence-electron chi connectivity index (χ4n) is 2.29. The molecule has 0 radical (unpaired) electrons. The van der Waals surface area contributed by atoms with Gasteiger partial charge >= 0.3 is 0 Å². The largest absolute Gasteiger partial charge is 0.341 e. The van der Waals surface area contributed by atoms with Gasteiger partial charge in [-0.3, -0.25) is 4.79 Å². The normalized spacial score (nSPS) is 19.7. The third-order valence-electron chi connectivity index (χ3n) is 3.30. The molecule has 1 fully saturated rings. The van der Waals surface area contributed by atoms with Crippen molar-refractivity contribution in [2.75, 3.05) is 26.2 Å². The van der Waals surface area contributed by atoms with E-state index in [9.17, 15) is 4.79 Å². The Morgan fingerprint density at radius 1 is 1.61 bits per heavy atom. The van der Waals surface area contributed by atoms with E-state index in [1.807, 2.05) is 11.8 Å². The van der Waals surface area contributed by atoms with Crippen molar-refractivity contribution in [1.29, 1.82) is 0 Å². The molecule has 0 spiro atoms. The molecule has 1 unspecified atom stereocenters. The number of aromatic nitrogens is 4. The summed E-state index contributed by atoms with van der Waals surface area (Å²) in [5.74, 6) is 0.645. The maximum atomic E-state index is 12.1. The van der Waals surface area contributed by atoms with Crippen molar-refractivity contribution in [3.05, 3.63) is 6.33 Å². The van der Waals surface area contributed by atoms with E-state index in [2.05, 4.69) is 20.8 Å². The molecule has 7 heteroatoms. The van der Waals surface area contributed by atoms with Crippen molar-refractivity contribution < 1.29 is 4.79 Å². The van der Waals surface area contributed by atoms with Gasteiger partial charge in [-0.15, -0.1) is 5.10 Å². The molecule has 1 aliphatic rings. The molecule has 1 saturated heterocycles. The second kappa shape index (κ2) is 6.44. The molecular formula is C11H20N6O. The van der Waals surface area contributed by atoms with Crippen LogP contribution in [0.1, 0.15) is 19.8 Å². The Hall–Kier alpha value is -1.50. The van der Waals surface area contributed by atoms with E-state index in [4.69, 9.17) is 0 Å². The molecule has 1 aromatic rings. The summed E-state index contributed by atoms with van der Waals surface area (Å²) in [5, 5.41) is 14.1. The van der Waals surface area contributed by atoms with Gasteiger partial charge in [0.1, 0.15) is 12.9 Å². The lowest BCUT2D eigenvalue weighted by Gasteiger charge is -2.29. The molecule has 0 aromatic carbocycles. The highest BCUT2D eigenvalue weighted by Gasteiger charge is 2.19. The number of amides is 1. The Morgan fingerprint density at radius 2 is 2.50 bits per heavy atom. The standard InChI is InChI=1S/C11H20N6O/c1-2-16(7-10-4-3-5-12-6-10)11(18)8-17-9-13-14-15-17/h9-10,12H,2-8H2,1H3. The zero-order valence-corrected chi connectivity index (χ0v) is 10.7. The minimum absolute atomic E-state index is 0.0790. The lowest BCUT2D eigenvalue weighted by Crippen LogP contribution is -2.42. The zero-order valence-electron chi connectivity index (χ0n) is 10.7. The zero-order chi connectivity index (χ0) is 12.8. The first kappa shape index (κ1) is 12.9. The molecule has 1 amide bonds. The van der Waals surface area contributed by atoms with Crippen molar-refractivity contribution in [1.82, 2.24) is 30.4 Å². The average molecular weight is 252 g/mol. The van der Waals surface area contributed by atoms with E-state index in [-0.39, 0.29) is 12.5 Å². The number of likely N-dealkylation sites (N-methyl/N-ethyl adjacent to an activating group) is 1. The lowest BCUT2D eigenvalue weighted by molar-refractivity contribution is -0.132. The summed E-state index contributed by atoms with van der Waals surface area (Å²) < 4.78 is 1.46. The lowest BCUT2D eigenvalue weighted by atomic mass is 9.99. The third kappa shape index (κ3) is 3.49. The van der Waals surface area contributed by atoms with Crippen molar-refractivity contribution in [2.45, 2.75) is 26.3 Å². The predicted octanol–water partition coefficient (Wildman–Crippen LogP) is -0.479. The van der Waals surface area contributed by atoms with Crippen LogP contribution in [0.25, 0.3) is 0 Å². The van der Waals surface area contributed by atoms with Gasteiger partial charge < -0.3 is 10.2 Å². The van der Waals surface area contributed by atoms with E-state index in [0.717, 1.165) is 26.2 Å². The van der Waals surface area contributed by atoms with Crippen LogP contribution < -0.4 is 5.32 Å². The number of tetrazole rings is 1. The molecule has 0 bridgehead atoms. The SMILES string of the molecule is CCN(CC1CCCNC1)C(=O)Cn1cnnn1. The van der Waals surface area contributed by atoms with Crippen LogP contribution in [0.5, 0.6) is 0 Å². The van der Waals surface area contributed by atoms with Gasteiger partial charge in [-0.25, -0.2) is 4.68 Å². The summed E-state index contributed by atoms with van der Waals surface area (Å²) in [5.41, 5.74) is 0. The number of piperidine rings is 1. The minimum atomic E-state index is 0.0790.